The van der Waals surface area contributed by atoms with E-state index in [1.54, 1.807) is 55.5 Å². The molecule has 1 atom stereocenters. The van der Waals surface area contributed by atoms with Crippen molar-refractivity contribution in [1.82, 2.24) is 5.32 Å². The van der Waals surface area contributed by atoms with Gasteiger partial charge in [-0.3, -0.25) is 9.10 Å². The molecular formula is C23H22ClFN2O3S. The van der Waals surface area contributed by atoms with Crippen LogP contribution in [0.1, 0.15) is 24.1 Å². The minimum absolute atomic E-state index is 0.0763. The maximum Gasteiger partial charge on any atom is 0.264 e. The summed E-state index contributed by atoms with van der Waals surface area (Å²) in [5.41, 5.74) is 1.94. The molecule has 31 heavy (non-hydrogen) atoms. The predicted octanol–water partition coefficient (Wildman–Crippen LogP) is 4.86. The highest BCUT2D eigenvalue weighted by Gasteiger charge is 2.27. The minimum atomic E-state index is -4.01. The van der Waals surface area contributed by atoms with Crippen molar-refractivity contribution in [1.29, 1.82) is 0 Å². The number of rotatable bonds is 7. The smallest absolute Gasteiger partial charge is 0.264 e. The summed E-state index contributed by atoms with van der Waals surface area (Å²) in [4.78, 5) is 12.8. The van der Waals surface area contributed by atoms with Gasteiger partial charge in [-0.05, 0) is 67.9 Å². The van der Waals surface area contributed by atoms with E-state index in [-0.39, 0.29) is 10.7 Å². The highest BCUT2D eigenvalue weighted by Crippen LogP contribution is 2.25. The Labute approximate surface area is 186 Å². The van der Waals surface area contributed by atoms with Gasteiger partial charge in [-0.1, -0.05) is 41.4 Å². The molecule has 0 radical (unpaired) electrons. The molecule has 162 valence electrons. The summed E-state index contributed by atoms with van der Waals surface area (Å²) in [5, 5.41) is 3.22. The lowest BCUT2D eigenvalue weighted by atomic mass is 10.1. The van der Waals surface area contributed by atoms with Crippen LogP contribution in [0.4, 0.5) is 10.1 Å². The number of aryl methyl sites for hydroxylation is 1. The Bertz CT molecular complexity index is 1150. The van der Waals surface area contributed by atoms with Gasteiger partial charge < -0.3 is 5.32 Å². The van der Waals surface area contributed by atoms with Gasteiger partial charge in [0.1, 0.15) is 12.4 Å². The van der Waals surface area contributed by atoms with Crippen LogP contribution in [0.2, 0.25) is 5.02 Å². The Balaban J connectivity index is 1.87. The number of hydrogen-bond donors (Lipinski definition) is 1. The largest absolute Gasteiger partial charge is 0.348 e. The Morgan fingerprint density at radius 2 is 1.58 bits per heavy atom. The van der Waals surface area contributed by atoms with Gasteiger partial charge in [0.2, 0.25) is 5.91 Å². The first-order valence-electron chi connectivity index (χ1n) is 9.56. The average molecular weight is 461 g/mol. The second kappa shape index (κ2) is 9.49. The lowest BCUT2D eigenvalue weighted by Crippen LogP contribution is -2.41. The molecule has 0 aliphatic carbocycles. The van der Waals surface area contributed by atoms with Crippen molar-refractivity contribution in [3.8, 4) is 0 Å². The zero-order valence-corrected chi connectivity index (χ0v) is 18.6. The number of amides is 1. The highest BCUT2D eigenvalue weighted by molar-refractivity contribution is 7.92. The van der Waals surface area contributed by atoms with Gasteiger partial charge in [0.05, 0.1) is 16.6 Å². The third-order valence-electron chi connectivity index (χ3n) is 4.76. The summed E-state index contributed by atoms with van der Waals surface area (Å²) in [6.45, 7) is 3.17. The Morgan fingerprint density at radius 1 is 1.00 bits per heavy atom. The summed E-state index contributed by atoms with van der Waals surface area (Å²) in [7, 11) is -4.01. The molecule has 0 saturated heterocycles. The molecule has 0 spiro atoms. The maximum atomic E-state index is 13.3. The fourth-order valence-electron chi connectivity index (χ4n) is 3.01. The van der Waals surface area contributed by atoms with Gasteiger partial charge in [-0.15, -0.1) is 0 Å². The van der Waals surface area contributed by atoms with Crippen LogP contribution in [0.5, 0.6) is 0 Å². The molecule has 5 nitrogen and oxygen atoms in total. The fraction of sp³-hybridized carbons (Fsp3) is 0.174. The first-order chi connectivity index (χ1) is 14.7. The second-order valence-electron chi connectivity index (χ2n) is 7.14. The molecule has 0 aliphatic rings. The molecule has 0 unspecified atom stereocenters. The van der Waals surface area contributed by atoms with Crippen LogP contribution in [-0.4, -0.2) is 20.9 Å². The van der Waals surface area contributed by atoms with Gasteiger partial charge in [0.15, 0.2) is 0 Å². The number of carbonyl (C=O) groups excluding carboxylic acids is 1. The molecule has 8 heteroatoms. The van der Waals surface area contributed by atoms with Gasteiger partial charge in [0.25, 0.3) is 10.0 Å². The van der Waals surface area contributed by atoms with E-state index in [1.165, 1.54) is 24.3 Å². The van der Waals surface area contributed by atoms with E-state index in [0.29, 0.717) is 16.3 Å². The Kier molecular flexibility index (Phi) is 6.97. The van der Waals surface area contributed by atoms with Crippen LogP contribution in [0.15, 0.2) is 77.7 Å². The number of carbonyl (C=O) groups is 1. The quantitative estimate of drug-likeness (QED) is 0.547. The van der Waals surface area contributed by atoms with E-state index < -0.39 is 28.5 Å². The summed E-state index contributed by atoms with van der Waals surface area (Å²) >= 11 is 5.94. The standard InChI is InChI=1S/C23H22ClFN2O3S/c1-16-3-13-22(14-4-16)31(29,30)27(21-11-7-19(24)8-12-21)15-23(28)26-17(2)18-5-9-20(25)10-6-18/h3-14,17H,15H2,1-2H3,(H,26,28)/t17-/m1/s1. The molecule has 0 fully saturated rings. The number of hydrogen-bond acceptors (Lipinski definition) is 3. The fourth-order valence-corrected chi connectivity index (χ4v) is 4.56. The molecule has 1 N–H and O–H groups in total. The maximum absolute atomic E-state index is 13.3. The number of halogens is 2. The third-order valence-corrected chi connectivity index (χ3v) is 6.80. The molecule has 0 aromatic heterocycles. The van der Waals surface area contributed by atoms with Crippen LogP contribution in [0.25, 0.3) is 0 Å². The lowest BCUT2D eigenvalue weighted by Gasteiger charge is -2.25. The monoisotopic (exact) mass is 460 g/mol. The number of sulfonamides is 1. The summed E-state index contributed by atoms with van der Waals surface area (Å²) in [6.07, 6.45) is 0. The minimum Gasteiger partial charge on any atom is -0.348 e. The highest BCUT2D eigenvalue weighted by atomic mass is 35.5. The Hall–Kier alpha value is -2.90. The van der Waals surface area contributed by atoms with E-state index in [0.717, 1.165) is 9.87 Å². The van der Waals surface area contributed by atoms with Crippen molar-refractivity contribution < 1.29 is 17.6 Å². The molecule has 3 aromatic rings. The average Bonchev–Trinajstić information content (AvgIpc) is 2.73. The topological polar surface area (TPSA) is 66.5 Å². The van der Waals surface area contributed by atoms with Crippen LogP contribution in [0, 0.1) is 12.7 Å². The molecule has 1 amide bonds. The van der Waals surface area contributed by atoms with Gasteiger partial charge >= 0.3 is 0 Å². The van der Waals surface area contributed by atoms with Crippen molar-refractivity contribution in [2.24, 2.45) is 0 Å². The molecule has 3 rings (SSSR count). The normalized spacial score (nSPS) is 12.3. The molecule has 0 heterocycles. The molecule has 0 saturated carbocycles. The van der Waals surface area contributed by atoms with E-state index in [4.69, 9.17) is 11.6 Å². The number of benzene rings is 3. The van der Waals surface area contributed by atoms with Crippen molar-refractivity contribution in [3.05, 3.63) is 94.8 Å². The second-order valence-corrected chi connectivity index (χ2v) is 9.44. The van der Waals surface area contributed by atoms with Crippen molar-refractivity contribution in [2.45, 2.75) is 24.8 Å². The van der Waals surface area contributed by atoms with Gasteiger partial charge in [0, 0.05) is 5.02 Å². The zero-order valence-electron chi connectivity index (χ0n) is 17.0. The predicted molar refractivity (Wildman–Crippen MR) is 120 cm³/mol. The first-order valence-corrected chi connectivity index (χ1v) is 11.4. The first kappa shape index (κ1) is 22.8. The van der Waals surface area contributed by atoms with Crippen molar-refractivity contribution in [3.63, 3.8) is 0 Å². The van der Waals surface area contributed by atoms with E-state index >= 15 is 0 Å². The van der Waals surface area contributed by atoms with Crippen LogP contribution < -0.4 is 9.62 Å². The zero-order chi connectivity index (χ0) is 22.6. The molecular weight excluding hydrogens is 439 g/mol. The van der Waals surface area contributed by atoms with E-state index in [2.05, 4.69) is 5.32 Å². The number of nitrogens with one attached hydrogen (secondary N) is 1. The third kappa shape index (κ3) is 5.62. The number of anilines is 1. The Morgan fingerprint density at radius 3 is 2.16 bits per heavy atom. The lowest BCUT2D eigenvalue weighted by molar-refractivity contribution is -0.120. The molecule has 3 aromatic carbocycles. The van der Waals surface area contributed by atoms with Crippen molar-refractivity contribution in [2.75, 3.05) is 10.8 Å². The summed E-state index contributed by atoms with van der Waals surface area (Å²) < 4.78 is 40.8. The molecule has 0 aliphatic heterocycles. The van der Waals surface area contributed by atoms with E-state index in [1.807, 2.05) is 6.92 Å². The molecule has 0 bridgehead atoms. The van der Waals surface area contributed by atoms with Gasteiger partial charge in [-0.25, -0.2) is 12.8 Å². The van der Waals surface area contributed by atoms with Crippen LogP contribution >= 0.6 is 11.6 Å². The van der Waals surface area contributed by atoms with Crippen LogP contribution in [0.3, 0.4) is 0 Å². The number of nitrogens with zero attached hydrogens (tertiary/aromatic N) is 1. The summed E-state index contributed by atoms with van der Waals surface area (Å²) in [5.74, 6) is -0.872. The van der Waals surface area contributed by atoms with Gasteiger partial charge in [-0.2, -0.15) is 0 Å². The SMILES string of the molecule is Cc1ccc(S(=O)(=O)N(CC(=O)N[C@H](C)c2ccc(F)cc2)c2ccc(Cl)cc2)cc1. The van der Waals surface area contributed by atoms with Crippen LogP contribution in [-0.2, 0) is 14.8 Å². The summed E-state index contributed by atoms with van der Waals surface area (Å²) in [6, 6.07) is 17.9. The van der Waals surface area contributed by atoms with E-state index in [9.17, 15) is 17.6 Å². The van der Waals surface area contributed by atoms with Crippen molar-refractivity contribution >= 4 is 33.2 Å².